The van der Waals surface area contributed by atoms with E-state index >= 15 is 0 Å². The Morgan fingerprint density at radius 2 is 2.14 bits per heavy atom. The van der Waals surface area contributed by atoms with Crippen molar-refractivity contribution >= 4 is 45.0 Å². The Bertz CT molecular complexity index is 563. The number of carbonyl (C=O) groups is 2. The molecule has 1 saturated heterocycles. The Labute approximate surface area is 138 Å². The number of benzene rings is 1. The van der Waals surface area contributed by atoms with Gasteiger partial charge in [0.15, 0.2) is 0 Å². The summed E-state index contributed by atoms with van der Waals surface area (Å²) in [5.74, 6) is 0.120. The molecule has 21 heavy (non-hydrogen) atoms. The minimum absolute atomic E-state index is 0.0948. The first-order chi connectivity index (χ1) is 9.88. The van der Waals surface area contributed by atoms with Crippen LogP contribution < -0.4 is 10.2 Å². The summed E-state index contributed by atoms with van der Waals surface area (Å²) in [6, 6.07) is 4.88. The van der Waals surface area contributed by atoms with E-state index in [-0.39, 0.29) is 18.2 Å². The van der Waals surface area contributed by atoms with E-state index in [0.29, 0.717) is 29.6 Å². The van der Waals surface area contributed by atoms with Crippen LogP contribution in [-0.2, 0) is 9.59 Å². The number of rotatable bonds is 3. The van der Waals surface area contributed by atoms with Crippen LogP contribution in [0.2, 0.25) is 5.02 Å². The Morgan fingerprint density at radius 3 is 2.81 bits per heavy atom. The Hall–Kier alpha value is -1.07. The number of hydrogen-bond donors (Lipinski definition) is 1. The average molecular weight is 374 g/mol. The number of amides is 2. The molecule has 1 fully saturated rings. The maximum Gasteiger partial charge on any atom is 0.249 e. The van der Waals surface area contributed by atoms with Gasteiger partial charge >= 0.3 is 0 Å². The van der Waals surface area contributed by atoms with E-state index in [2.05, 4.69) is 21.2 Å². The van der Waals surface area contributed by atoms with E-state index in [1.165, 1.54) is 0 Å². The molecule has 1 N–H and O–H groups in total. The van der Waals surface area contributed by atoms with Gasteiger partial charge in [-0.25, -0.2) is 0 Å². The lowest BCUT2D eigenvalue weighted by molar-refractivity contribution is -0.125. The van der Waals surface area contributed by atoms with Gasteiger partial charge in [-0.15, -0.1) is 0 Å². The van der Waals surface area contributed by atoms with Crippen molar-refractivity contribution in [1.82, 2.24) is 5.32 Å². The Balaban J connectivity index is 2.35. The highest BCUT2D eigenvalue weighted by Gasteiger charge is 2.31. The fourth-order valence-electron chi connectivity index (χ4n) is 2.40. The molecule has 0 aliphatic carbocycles. The third kappa shape index (κ3) is 3.98. The van der Waals surface area contributed by atoms with Crippen molar-refractivity contribution in [3.8, 4) is 0 Å². The summed E-state index contributed by atoms with van der Waals surface area (Å²) in [4.78, 5) is 26.2. The molecule has 0 spiro atoms. The zero-order chi connectivity index (χ0) is 15.6. The molecule has 0 aromatic heterocycles. The Morgan fingerprint density at radius 1 is 1.43 bits per heavy atom. The largest absolute Gasteiger partial charge is 0.344 e. The van der Waals surface area contributed by atoms with Crippen molar-refractivity contribution < 1.29 is 9.59 Å². The molecule has 4 nitrogen and oxygen atoms in total. The standard InChI is InChI=1S/C15H18BrClN2O2/c1-9(2)7-12-15(21)19(6-5-14(20)18-12)13-8-10(16)3-4-11(13)17/h3-4,8-9,12H,5-7H2,1-2H3,(H,18,20). The molecule has 0 radical (unpaired) electrons. The smallest absolute Gasteiger partial charge is 0.249 e. The van der Waals surface area contributed by atoms with E-state index in [4.69, 9.17) is 11.6 Å². The van der Waals surface area contributed by atoms with Crippen molar-refractivity contribution in [3.63, 3.8) is 0 Å². The van der Waals surface area contributed by atoms with Gasteiger partial charge in [0.1, 0.15) is 6.04 Å². The van der Waals surface area contributed by atoms with E-state index in [0.717, 1.165) is 4.47 Å². The minimum Gasteiger partial charge on any atom is -0.344 e. The number of nitrogens with one attached hydrogen (secondary N) is 1. The molecule has 1 unspecified atom stereocenters. The van der Waals surface area contributed by atoms with Gasteiger partial charge < -0.3 is 10.2 Å². The molecule has 1 aromatic rings. The summed E-state index contributed by atoms with van der Waals surface area (Å²) in [6.07, 6.45) is 0.899. The lowest BCUT2D eigenvalue weighted by Crippen LogP contribution is -2.45. The fourth-order valence-corrected chi connectivity index (χ4v) is 2.97. The van der Waals surface area contributed by atoms with E-state index in [1.807, 2.05) is 26.0 Å². The quantitative estimate of drug-likeness (QED) is 0.883. The molecule has 0 bridgehead atoms. The SMILES string of the molecule is CC(C)CC1NC(=O)CCN(c2cc(Br)ccc2Cl)C1=O. The van der Waals surface area contributed by atoms with Gasteiger partial charge in [0.05, 0.1) is 10.7 Å². The molecule has 114 valence electrons. The van der Waals surface area contributed by atoms with Gasteiger partial charge in [0.2, 0.25) is 11.8 Å². The lowest BCUT2D eigenvalue weighted by atomic mass is 10.0. The molecule has 2 amide bonds. The van der Waals surface area contributed by atoms with Crippen molar-refractivity contribution in [2.75, 3.05) is 11.4 Å². The second kappa shape index (κ2) is 6.79. The van der Waals surface area contributed by atoms with E-state index in [9.17, 15) is 9.59 Å². The first-order valence-electron chi connectivity index (χ1n) is 6.94. The van der Waals surface area contributed by atoms with Crippen LogP contribution in [0.4, 0.5) is 5.69 Å². The van der Waals surface area contributed by atoms with Gasteiger partial charge in [0, 0.05) is 17.4 Å². The third-order valence-electron chi connectivity index (χ3n) is 3.37. The zero-order valence-electron chi connectivity index (χ0n) is 12.0. The predicted octanol–water partition coefficient (Wildman–Crippen LogP) is 3.37. The van der Waals surface area contributed by atoms with Crippen LogP contribution in [0.25, 0.3) is 0 Å². The monoisotopic (exact) mass is 372 g/mol. The van der Waals surface area contributed by atoms with Gasteiger partial charge in [-0.1, -0.05) is 41.4 Å². The molecule has 1 atom stereocenters. The van der Waals surface area contributed by atoms with Crippen LogP contribution in [0, 0.1) is 5.92 Å². The van der Waals surface area contributed by atoms with Crippen molar-refractivity contribution in [3.05, 3.63) is 27.7 Å². The molecule has 1 aliphatic rings. The molecule has 2 rings (SSSR count). The highest BCUT2D eigenvalue weighted by Crippen LogP contribution is 2.31. The maximum absolute atomic E-state index is 12.7. The predicted molar refractivity (Wildman–Crippen MR) is 87.5 cm³/mol. The second-order valence-corrected chi connectivity index (χ2v) is 6.91. The number of anilines is 1. The third-order valence-corrected chi connectivity index (χ3v) is 4.18. The fraction of sp³-hybridized carbons (Fsp3) is 0.467. The highest BCUT2D eigenvalue weighted by molar-refractivity contribution is 9.10. The number of nitrogens with zero attached hydrogens (tertiary/aromatic N) is 1. The lowest BCUT2D eigenvalue weighted by Gasteiger charge is -2.26. The summed E-state index contributed by atoms with van der Waals surface area (Å²) in [5, 5.41) is 3.31. The van der Waals surface area contributed by atoms with Crippen LogP contribution in [0.5, 0.6) is 0 Å². The molecule has 1 aromatic carbocycles. The highest BCUT2D eigenvalue weighted by atomic mass is 79.9. The molecular formula is C15H18BrClN2O2. The second-order valence-electron chi connectivity index (χ2n) is 5.59. The minimum atomic E-state index is -0.491. The number of hydrogen-bond acceptors (Lipinski definition) is 2. The number of carbonyl (C=O) groups excluding carboxylic acids is 2. The zero-order valence-corrected chi connectivity index (χ0v) is 14.4. The van der Waals surface area contributed by atoms with E-state index < -0.39 is 6.04 Å². The van der Waals surface area contributed by atoms with Crippen LogP contribution in [-0.4, -0.2) is 24.4 Å². The topological polar surface area (TPSA) is 49.4 Å². The summed E-state index contributed by atoms with van der Waals surface area (Å²) in [6.45, 7) is 4.40. The first-order valence-corrected chi connectivity index (χ1v) is 8.11. The first kappa shape index (κ1) is 16.3. The average Bonchev–Trinajstić information content (AvgIpc) is 2.53. The van der Waals surface area contributed by atoms with E-state index in [1.54, 1.807) is 11.0 Å². The molecule has 6 heteroatoms. The summed E-state index contributed by atoms with van der Waals surface area (Å²) < 4.78 is 0.846. The molecule has 1 heterocycles. The van der Waals surface area contributed by atoms with Crippen molar-refractivity contribution in [1.29, 1.82) is 0 Å². The van der Waals surface area contributed by atoms with Crippen LogP contribution in [0.15, 0.2) is 22.7 Å². The molecule has 0 saturated carbocycles. The van der Waals surface area contributed by atoms with Crippen molar-refractivity contribution in [2.45, 2.75) is 32.7 Å². The summed E-state index contributed by atoms with van der Waals surface area (Å²) in [7, 11) is 0. The van der Waals surface area contributed by atoms with Gasteiger partial charge in [0.25, 0.3) is 0 Å². The maximum atomic E-state index is 12.7. The van der Waals surface area contributed by atoms with Crippen LogP contribution in [0.1, 0.15) is 26.7 Å². The van der Waals surface area contributed by atoms with Gasteiger partial charge in [-0.2, -0.15) is 0 Å². The normalized spacial score (nSPS) is 19.7. The summed E-state index contributed by atoms with van der Waals surface area (Å²) in [5.41, 5.74) is 0.640. The number of halogens is 2. The Kier molecular flexibility index (Phi) is 5.27. The van der Waals surface area contributed by atoms with Crippen LogP contribution in [0.3, 0.4) is 0 Å². The molecular weight excluding hydrogens is 356 g/mol. The molecule has 1 aliphatic heterocycles. The van der Waals surface area contributed by atoms with Gasteiger partial charge in [-0.3, -0.25) is 9.59 Å². The summed E-state index contributed by atoms with van der Waals surface area (Å²) >= 11 is 9.61. The van der Waals surface area contributed by atoms with Crippen molar-refractivity contribution in [2.24, 2.45) is 5.92 Å². The van der Waals surface area contributed by atoms with Crippen LogP contribution >= 0.6 is 27.5 Å². The van der Waals surface area contributed by atoms with Gasteiger partial charge in [-0.05, 0) is 30.5 Å².